The lowest BCUT2D eigenvalue weighted by atomic mass is 10.1. The molecule has 1 heterocycles. The Balaban J connectivity index is 2.25. The smallest absolute Gasteiger partial charge is 0.326 e. The van der Waals surface area contributed by atoms with E-state index in [0.29, 0.717) is 23.0 Å². The highest BCUT2D eigenvalue weighted by Gasteiger charge is 2.34. The topological polar surface area (TPSA) is 57.6 Å². The molecule has 0 aliphatic carbocycles. The third-order valence-electron chi connectivity index (χ3n) is 2.97. The molecule has 4 nitrogen and oxygen atoms in total. The van der Waals surface area contributed by atoms with Crippen molar-refractivity contribution in [3.63, 3.8) is 0 Å². The largest absolute Gasteiger partial charge is 0.480 e. The van der Waals surface area contributed by atoms with Gasteiger partial charge in [-0.3, -0.25) is 4.79 Å². The van der Waals surface area contributed by atoms with Crippen molar-refractivity contribution >= 4 is 34.5 Å². The third-order valence-corrected chi connectivity index (χ3v) is 3.84. The SMILES string of the molecule is O=C(O)[C@H]1CCCN1C(=O)c1ccc(I)c(F)c1. The van der Waals surface area contributed by atoms with Crippen LogP contribution in [-0.2, 0) is 4.79 Å². The van der Waals surface area contributed by atoms with Crippen molar-refractivity contribution in [1.29, 1.82) is 0 Å². The Hall–Kier alpha value is -1.18. The second-order valence-corrected chi connectivity index (χ2v) is 5.29. The fraction of sp³-hybridized carbons (Fsp3) is 0.333. The number of benzene rings is 1. The molecule has 1 aliphatic rings. The third kappa shape index (κ3) is 2.47. The molecule has 1 amide bonds. The van der Waals surface area contributed by atoms with Crippen LogP contribution in [0.3, 0.4) is 0 Å². The molecule has 1 aromatic rings. The van der Waals surface area contributed by atoms with E-state index in [1.54, 1.807) is 0 Å². The first kappa shape index (κ1) is 13.3. The average molecular weight is 363 g/mol. The summed E-state index contributed by atoms with van der Waals surface area (Å²) in [4.78, 5) is 24.4. The van der Waals surface area contributed by atoms with E-state index >= 15 is 0 Å². The van der Waals surface area contributed by atoms with Crippen LogP contribution in [0.4, 0.5) is 4.39 Å². The van der Waals surface area contributed by atoms with Crippen molar-refractivity contribution in [3.05, 3.63) is 33.1 Å². The van der Waals surface area contributed by atoms with Crippen molar-refractivity contribution in [2.24, 2.45) is 0 Å². The lowest BCUT2D eigenvalue weighted by Crippen LogP contribution is -2.40. The maximum absolute atomic E-state index is 13.4. The number of carbonyl (C=O) groups is 2. The van der Waals surface area contributed by atoms with Crippen molar-refractivity contribution in [2.75, 3.05) is 6.54 Å². The minimum atomic E-state index is -1.01. The van der Waals surface area contributed by atoms with Gasteiger partial charge in [-0.1, -0.05) is 0 Å². The Morgan fingerprint density at radius 3 is 2.78 bits per heavy atom. The summed E-state index contributed by atoms with van der Waals surface area (Å²) >= 11 is 1.83. The van der Waals surface area contributed by atoms with E-state index in [9.17, 15) is 14.0 Å². The van der Waals surface area contributed by atoms with Gasteiger partial charge in [0.1, 0.15) is 11.9 Å². The van der Waals surface area contributed by atoms with Crippen molar-refractivity contribution in [1.82, 2.24) is 4.90 Å². The molecule has 0 unspecified atom stereocenters. The Kier molecular flexibility index (Phi) is 3.84. The van der Waals surface area contributed by atoms with E-state index in [0.717, 1.165) is 6.07 Å². The molecule has 1 aliphatic heterocycles. The van der Waals surface area contributed by atoms with E-state index in [2.05, 4.69) is 0 Å². The highest BCUT2D eigenvalue weighted by atomic mass is 127. The van der Waals surface area contributed by atoms with E-state index in [1.165, 1.54) is 17.0 Å². The van der Waals surface area contributed by atoms with Crippen LogP contribution in [0.15, 0.2) is 18.2 Å². The van der Waals surface area contributed by atoms with Crippen molar-refractivity contribution in [2.45, 2.75) is 18.9 Å². The standard InChI is InChI=1S/C12H11FINO3/c13-8-6-7(3-4-9(8)14)11(16)15-5-1-2-10(15)12(17)18/h3-4,6,10H,1-2,5H2,(H,17,18)/t10-/m1/s1. The Morgan fingerprint density at radius 1 is 1.44 bits per heavy atom. The zero-order valence-corrected chi connectivity index (χ0v) is 11.6. The lowest BCUT2D eigenvalue weighted by Gasteiger charge is -2.21. The van der Waals surface area contributed by atoms with Gasteiger partial charge >= 0.3 is 5.97 Å². The molecule has 96 valence electrons. The summed E-state index contributed by atoms with van der Waals surface area (Å²) in [5, 5.41) is 9.01. The normalized spacial score (nSPS) is 19.0. The first-order valence-corrected chi connectivity index (χ1v) is 6.57. The molecule has 0 saturated carbocycles. The summed E-state index contributed by atoms with van der Waals surface area (Å²) in [5.41, 5.74) is 0.195. The molecule has 1 fully saturated rings. The first-order chi connectivity index (χ1) is 8.50. The van der Waals surface area contributed by atoms with Crippen LogP contribution in [0.25, 0.3) is 0 Å². The highest BCUT2D eigenvalue weighted by molar-refractivity contribution is 14.1. The summed E-state index contributed by atoms with van der Waals surface area (Å²) in [7, 11) is 0. The number of likely N-dealkylation sites (tertiary alicyclic amines) is 1. The molecule has 1 aromatic carbocycles. The number of carboxylic acids is 1. The predicted octanol–water partition coefficient (Wildman–Crippen LogP) is 2.12. The van der Waals surface area contributed by atoms with Gasteiger partial charge in [-0.2, -0.15) is 0 Å². The van der Waals surface area contributed by atoms with Crippen LogP contribution in [0.2, 0.25) is 0 Å². The van der Waals surface area contributed by atoms with Gasteiger partial charge in [-0.25, -0.2) is 9.18 Å². The molecule has 1 N–H and O–H groups in total. The second kappa shape index (κ2) is 5.21. The van der Waals surface area contributed by atoms with Crippen molar-refractivity contribution in [3.8, 4) is 0 Å². The van der Waals surface area contributed by atoms with Gasteiger partial charge in [0.25, 0.3) is 5.91 Å². The fourth-order valence-electron chi connectivity index (χ4n) is 2.06. The van der Waals surface area contributed by atoms with Gasteiger partial charge < -0.3 is 10.0 Å². The quantitative estimate of drug-likeness (QED) is 0.819. The molecule has 18 heavy (non-hydrogen) atoms. The average Bonchev–Trinajstić information content (AvgIpc) is 2.81. The van der Waals surface area contributed by atoms with Crippen LogP contribution in [0.5, 0.6) is 0 Å². The second-order valence-electron chi connectivity index (χ2n) is 4.12. The lowest BCUT2D eigenvalue weighted by molar-refractivity contribution is -0.141. The van der Waals surface area contributed by atoms with E-state index in [-0.39, 0.29) is 5.56 Å². The van der Waals surface area contributed by atoms with Gasteiger partial charge in [0.2, 0.25) is 0 Å². The summed E-state index contributed by atoms with van der Waals surface area (Å²) in [6.45, 7) is 0.406. The number of aliphatic carboxylic acids is 1. The number of halogens is 2. The number of nitrogens with zero attached hydrogens (tertiary/aromatic N) is 1. The number of hydrogen-bond donors (Lipinski definition) is 1. The van der Waals surface area contributed by atoms with Gasteiger partial charge in [0.15, 0.2) is 0 Å². The van der Waals surface area contributed by atoms with E-state index < -0.39 is 23.7 Å². The molecule has 0 aromatic heterocycles. The van der Waals surface area contributed by atoms with Gasteiger partial charge in [-0.15, -0.1) is 0 Å². The monoisotopic (exact) mass is 363 g/mol. The maximum atomic E-state index is 13.4. The van der Waals surface area contributed by atoms with Gasteiger partial charge in [-0.05, 0) is 53.6 Å². The highest BCUT2D eigenvalue weighted by Crippen LogP contribution is 2.21. The van der Waals surface area contributed by atoms with Crippen molar-refractivity contribution < 1.29 is 19.1 Å². The van der Waals surface area contributed by atoms with Gasteiger partial charge in [0.05, 0.1) is 0 Å². The number of amides is 1. The molecule has 0 bridgehead atoms. The number of rotatable bonds is 2. The molecular weight excluding hydrogens is 352 g/mol. The zero-order valence-electron chi connectivity index (χ0n) is 9.40. The van der Waals surface area contributed by atoms with E-state index in [4.69, 9.17) is 5.11 Å². The van der Waals surface area contributed by atoms with Crippen LogP contribution < -0.4 is 0 Å². The summed E-state index contributed by atoms with van der Waals surface area (Å²) in [5.74, 6) is -1.89. The summed E-state index contributed by atoms with van der Waals surface area (Å²) in [6, 6.07) is 3.39. The Morgan fingerprint density at radius 2 is 2.17 bits per heavy atom. The molecular formula is C12H11FINO3. The molecule has 0 radical (unpaired) electrons. The first-order valence-electron chi connectivity index (χ1n) is 5.49. The number of carbonyl (C=O) groups excluding carboxylic acids is 1. The summed E-state index contributed by atoms with van der Waals surface area (Å²) in [6.07, 6.45) is 1.11. The molecule has 0 spiro atoms. The Labute approximate surface area is 117 Å². The van der Waals surface area contributed by atoms with Crippen LogP contribution in [0, 0.1) is 9.39 Å². The van der Waals surface area contributed by atoms with Crippen LogP contribution in [-0.4, -0.2) is 34.5 Å². The Bertz CT molecular complexity index is 506. The van der Waals surface area contributed by atoms with Crippen LogP contribution >= 0.6 is 22.6 Å². The number of carboxylic acid groups (broad SMARTS) is 1. The van der Waals surface area contributed by atoms with Gasteiger partial charge in [0, 0.05) is 15.7 Å². The summed E-state index contributed by atoms with van der Waals surface area (Å²) < 4.78 is 13.8. The minimum absolute atomic E-state index is 0.195. The predicted molar refractivity (Wildman–Crippen MR) is 70.8 cm³/mol. The molecule has 1 saturated heterocycles. The van der Waals surface area contributed by atoms with E-state index in [1.807, 2.05) is 22.6 Å². The maximum Gasteiger partial charge on any atom is 0.326 e. The zero-order chi connectivity index (χ0) is 13.3. The van der Waals surface area contributed by atoms with Crippen LogP contribution in [0.1, 0.15) is 23.2 Å². The fourth-order valence-corrected chi connectivity index (χ4v) is 2.40. The molecule has 6 heteroatoms. The molecule has 2 rings (SSSR count). The minimum Gasteiger partial charge on any atom is -0.480 e. The molecule has 1 atom stereocenters. The number of hydrogen-bond acceptors (Lipinski definition) is 2.